The first-order valence-electron chi connectivity index (χ1n) is 8.45. The summed E-state index contributed by atoms with van der Waals surface area (Å²) in [6.45, 7) is 3.21. The maximum absolute atomic E-state index is 4.80. The summed E-state index contributed by atoms with van der Waals surface area (Å²) in [5.74, 6) is 2.71. The highest BCUT2D eigenvalue weighted by atomic mass is 32.1. The number of thiazole rings is 1. The zero-order valence-corrected chi connectivity index (χ0v) is 14.4. The first-order chi connectivity index (χ1) is 11.3. The molecule has 4 rings (SSSR count). The van der Waals surface area contributed by atoms with Crippen LogP contribution in [0.1, 0.15) is 43.1 Å². The van der Waals surface area contributed by atoms with Gasteiger partial charge in [-0.2, -0.15) is 0 Å². The fourth-order valence-corrected chi connectivity index (χ4v) is 3.87. The van der Waals surface area contributed by atoms with Gasteiger partial charge in [-0.1, -0.05) is 0 Å². The van der Waals surface area contributed by atoms with Gasteiger partial charge in [0.15, 0.2) is 0 Å². The molecule has 0 radical (unpaired) electrons. The summed E-state index contributed by atoms with van der Waals surface area (Å²) in [6, 6.07) is 2.56. The minimum atomic E-state index is 0.518. The highest BCUT2D eigenvalue weighted by Gasteiger charge is 2.28. The van der Waals surface area contributed by atoms with Crippen molar-refractivity contribution in [2.75, 3.05) is 25.0 Å². The normalized spacial score (nSPS) is 22.2. The van der Waals surface area contributed by atoms with E-state index >= 15 is 0 Å². The quantitative estimate of drug-likeness (QED) is 0.844. The van der Waals surface area contributed by atoms with Crippen LogP contribution < -0.4 is 4.90 Å². The van der Waals surface area contributed by atoms with E-state index in [-0.39, 0.29) is 0 Å². The summed E-state index contributed by atoms with van der Waals surface area (Å²) in [4.78, 5) is 18.5. The van der Waals surface area contributed by atoms with Gasteiger partial charge in [-0.05, 0) is 38.3 Å². The summed E-state index contributed by atoms with van der Waals surface area (Å²) in [7, 11) is 2.18. The van der Waals surface area contributed by atoms with E-state index in [1.165, 1.54) is 37.9 Å². The van der Waals surface area contributed by atoms with Crippen LogP contribution in [0.2, 0.25) is 0 Å². The average molecular weight is 329 g/mol. The molecule has 122 valence electrons. The lowest BCUT2D eigenvalue weighted by molar-refractivity contribution is 0.196. The molecule has 1 aliphatic carbocycles. The Labute approximate surface area is 141 Å². The van der Waals surface area contributed by atoms with Gasteiger partial charge in [-0.25, -0.2) is 15.0 Å². The second kappa shape index (κ2) is 6.53. The summed E-state index contributed by atoms with van der Waals surface area (Å²) in [6.07, 6.45) is 6.88. The Morgan fingerprint density at radius 3 is 3.00 bits per heavy atom. The lowest BCUT2D eigenvalue weighted by Crippen LogP contribution is -2.46. The molecule has 2 aromatic rings. The molecule has 23 heavy (non-hydrogen) atoms. The number of piperidine rings is 1. The Hall–Kier alpha value is -1.53. The fraction of sp³-hybridized carbons (Fsp3) is 0.588. The van der Waals surface area contributed by atoms with Gasteiger partial charge in [0.1, 0.15) is 11.6 Å². The summed E-state index contributed by atoms with van der Waals surface area (Å²) in [5, 5.41) is 2.15. The summed E-state index contributed by atoms with van der Waals surface area (Å²) >= 11 is 1.68. The van der Waals surface area contributed by atoms with Gasteiger partial charge in [0.25, 0.3) is 0 Å². The molecule has 6 heteroatoms. The van der Waals surface area contributed by atoms with Crippen molar-refractivity contribution >= 4 is 17.2 Å². The van der Waals surface area contributed by atoms with E-state index in [1.807, 2.05) is 17.8 Å². The largest absolute Gasteiger partial charge is 0.355 e. The average Bonchev–Trinajstić information content (AvgIpc) is 3.33. The number of rotatable bonds is 5. The summed E-state index contributed by atoms with van der Waals surface area (Å²) in [5.41, 5.74) is 3.11. The van der Waals surface area contributed by atoms with Crippen LogP contribution in [0, 0.1) is 0 Å². The van der Waals surface area contributed by atoms with E-state index in [0.29, 0.717) is 12.0 Å². The number of likely N-dealkylation sites (tertiary alicyclic amines) is 1. The SMILES string of the molecule is CN(c1ccnc(C2CC2)n1)C1CCCN(Cc2cscn2)C1. The molecular formula is C17H23N5S. The summed E-state index contributed by atoms with van der Waals surface area (Å²) < 4.78 is 0. The minimum Gasteiger partial charge on any atom is -0.355 e. The standard InChI is InChI=1S/C17H23N5S/c1-21(16-6-7-18-17(20-16)13-4-5-13)15-3-2-8-22(10-15)9-14-11-23-12-19-14/h6-7,11-13,15H,2-5,8-10H2,1H3. The fourth-order valence-electron chi connectivity index (χ4n) is 3.32. The predicted molar refractivity (Wildman–Crippen MR) is 92.8 cm³/mol. The van der Waals surface area contributed by atoms with Crippen LogP contribution in [-0.2, 0) is 6.54 Å². The van der Waals surface area contributed by atoms with E-state index < -0.39 is 0 Å². The van der Waals surface area contributed by atoms with E-state index in [9.17, 15) is 0 Å². The Kier molecular flexibility index (Phi) is 4.27. The first-order valence-corrected chi connectivity index (χ1v) is 9.39. The molecule has 5 nitrogen and oxygen atoms in total. The molecule has 1 saturated carbocycles. The van der Waals surface area contributed by atoms with Gasteiger partial charge in [-0.3, -0.25) is 4.90 Å². The molecule has 0 bridgehead atoms. The van der Waals surface area contributed by atoms with E-state index in [1.54, 1.807) is 11.3 Å². The first kappa shape index (κ1) is 15.0. The molecule has 1 atom stereocenters. The third-order valence-electron chi connectivity index (χ3n) is 4.86. The highest BCUT2D eigenvalue weighted by molar-refractivity contribution is 7.07. The third kappa shape index (κ3) is 3.53. The smallest absolute Gasteiger partial charge is 0.133 e. The molecule has 1 saturated heterocycles. The molecule has 3 heterocycles. The number of aromatic nitrogens is 3. The van der Waals surface area contributed by atoms with Gasteiger partial charge in [0, 0.05) is 43.7 Å². The second-order valence-corrected chi connectivity index (χ2v) is 7.39. The Morgan fingerprint density at radius 2 is 2.22 bits per heavy atom. The number of anilines is 1. The van der Waals surface area contributed by atoms with Crippen LogP contribution in [-0.4, -0.2) is 46.0 Å². The molecule has 2 aromatic heterocycles. The van der Waals surface area contributed by atoms with Crippen molar-refractivity contribution in [3.05, 3.63) is 34.7 Å². The minimum absolute atomic E-state index is 0.518. The van der Waals surface area contributed by atoms with Gasteiger partial charge in [0.2, 0.25) is 0 Å². The number of hydrogen-bond acceptors (Lipinski definition) is 6. The maximum Gasteiger partial charge on any atom is 0.133 e. The molecule has 0 aromatic carbocycles. The van der Waals surface area contributed by atoms with Gasteiger partial charge >= 0.3 is 0 Å². The molecule has 0 spiro atoms. The lowest BCUT2D eigenvalue weighted by Gasteiger charge is -2.38. The Bertz CT molecular complexity index is 640. The molecule has 2 aliphatic rings. The van der Waals surface area contributed by atoms with Crippen molar-refractivity contribution in [1.29, 1.82) is 0 Å². The van der Waals surface area contributed by atoms with E-state index in [4.69, 9.17) is 4.98 Å². The molecule has 1 aliphatic heterocycles. The van der Waals surface area contributed by atoms with E-state index in [0.717, 1.165) is 24.7 Å². The van der Waals surface area contributed by atoms with Crippen LogP contribution >= 0.6 is 11.3 Å². The van der Waals surface area contributed by atoms with E-state index in [2.05, 4.69) is 32.2 Å². The number of hydrogen-bond donors (Lipinski definition) is 0. The monoisotopic (exact) mass is 329 g/mol. The van der Waals surface area contributed by atoms with Crippen molar-refractivity contribution in [2.45, 2.75) is 44.2 Å². The van der Waals surface area contributed by atoms with Crippen LogP contribution in [0.15, 0.2) is 23.2 Å². The number of nitrogens with zero attached hydrogens (tertiary/aromatic N) is 5. The van der Waals surface area contributed by atoms with Crippen molar-refractivity contribution in [3.8, 4) is 0 Å². The Balaban J connectivity index is 1.43. The molecule has 0 N–H and O–H groups in total. The van der Waals surface area contributed by atoms with Crippen molar-refractivity contribution in [3.63, 3.8) is 0 Å². The zero-order chi connectivity index (χ0) is 15.6. The molecule has 1 unspecified atom stereocenters. The van der Waals surface area contributed by atoms with Crippen LogP contribution in [0.25, 0.3) is 0 Å². The maximum atomic E-state index is 4.80. The molecule has 0 amide bonds. The van der Waals surface area contributed by atoms with Crippen LogP contribution in [0.5, 0.6) is 0 Å². The van der Waals surface area contributed by atoms with Crippen molar-refractivity contribution < 1.29 is 0 Å². The van der Waals surface area contributed by atoms with Gasteiger partial charge < -0.3 is 4.90 Å². The van der Waals surface area contributed by atoms with Crippen molar-refractivity contribution in [2.24, 2.45) is 0 Å². The van der Waals surface area contributed by atoms with Gasteiger partial charge in [-0.15, -0.1) is 11.3 Å². The lowest BCUT2D eigenvalue weighted by atomic mass is 10.0. The van der Waals surface area contributed by atoms with Crippen molar-refractivity contribution in [1.82, 2.24) is 19.9 Å². The third-order valence-corrected chi connectivity index (χ3v) is 5.50. The second-order valence-electron chi connectivity index (χ2n) is 6.67. The predicted octanol–water partition coefficient (Wildman–Crippen LogP) is 2.91. The Morgan fingerprint density at radius 1 is 1.30 bits per heavy atom. The van der Waals surface area contributed by atoms with Crippen LogP contribution in [0.3, 0.4) is 0 Å². The molecular weight excluding hydrogens is 306 g/mol. The zero-order valence-electron chi connectivity index (χ0n) is 13.6. The molecule has 2 fully saturated rings. The number of likely N-dealkylation sites (N-methyl/N-ethyl adjacent to an activating group) is 1. The highest BCUT2D eigenvalue weighted by Crippen LogP contribution is 2.38. The van der Waals surface area contributed by atoms with Gasteiger partial charge in [0.05, 0.1) is 11.2 Å². The van der Waals surface area contributed by atoms with Crippen LogP contribution in [0.4, 0.5) is 5.82 Å². The topological polar surface area (TPSA) is 45.2 Å².